The van der Waals surface area contributed by atoms with E-state index in [1.807, 2.05) is 29.2 Å². The number of rotatable bonds is 2. The first-order valence-corrected chi connectivity index (χ1v) is 8.15. The third kappa shape index (κ3) is 3.28. The molecule has 0 radical (unpaired) electrons. The summed E-state index contributed by atoms with van der Waals surface area (Å²) in [6.45, 7) is 2.31. The molecular formula is C16H19BrN2O2. The Hall–Kier alpha value is -1.36. The van der Waals surface area contributed by atoms with Gasteiger partial charge in [0, 0.05) is 30.5 Å². The van der Waals surface area contributed by atoms with Crippen LogP contribution in [0.2, 0.25) is 0 Å². The Balaban J connectivity index is 1.57. The molecule has 1 aromatic rings. The molecule has 2 aliphatic heterocycles. The second kappa shape index (κ2) is 5.79. The molecule has 2 heterocycles. The number of nitrogens with zero attached hydrogens (tertiary/aromatic N) is 1. The fourth-order valence-electron chi connectivity index (χ4n) is 3.27. The molecule has 2 saturated heterocycles. The van der Waals surface area contributed by atoms with Gasteiger partial charge in [0.2, 0.25) is 11.8 Å². The summed E-state index contributed by atoms with van der Waals surface area (Å²) in [4.78, 5) is 25.7. The predicted octanol–water partition coefficient (Wildman–Crippen LogP) is 2.12. The number of benzene rings is 1. The zero-order chi connectivity index (χ0) is 14.9. The van der Waals surface area contributed by atoms with E-state index in [4.69, 9.17) is 0 Å². The number of carbonyl (C=O) groups excluding carboxylic acids is 2. The largest absolute Gasteiger partial charge is 0.356 e. The van der Waals surface area contributed by atoms with Crippen molar-refractivity contribution in [3.63, 3.8) is 0 Å². The second-order valence-electron chi connectivity index (χ2n) is 6.14. The molecule has 1 spiro atoms. The summed E-state index contributed by atoms with van der Waals surface area (Å²) in [5, 5.41) is 2.92. The normalized spacial score (nSPS) is 20.6. The van der Waals surface area contributed by atoms with Gasteiger partial charge < -0.3 is 10.2 Å². The van der Waals surface area contributed by atoms with Gasteiger partial charge in [0.05, 0.1) is 6.42 Å². The van der Waals surface area contributed by atoms with Crippen molar-refractivity contribution in [1.29, 1.82) is 0 Å². The van der Waals surface area contributed by atoms with Crippen LogP contribution in [0.4, 0.5) is 0 Å². The van der Waals surface area contributed by atoms with Gasteiger partial charge in [-0.15, -0.1) is 0 Å². The van der Waals surface area contributed by atoms with Crippen LogP contribution in [0.25, 0.3) is 0 Å². The molecule has 1 aromatic carbocycles. The first kappa shape index (κ1) is 14.6. The van der Waals surface area contributed by atoms with E-state index in [0.717, 1.165) is 42.5 Å². The summed E-state index contributed by atoms with van der Waals surface area (Å²) in [7, 11) is 0. The minimum Gasteiger partial charge on any atom is -0.356 e. The summed E-state index contributed by atoms with van der Waals surface area (Å²) in [5.41, 5.74) is 1.14. The minimum atomic E-state index is 0.101. The van der Waals surface area contributed by atoms with Crippen LogP contribution in [0, 0.1) is 5.41 Å². The highest BCUT2D eigenvalue weighted by molar-refractivity contribution is 9.10. The molecule has 2 amide bonds. The fourth-order valence-corrected chi connectivity index (χ4v) is 3.72. The van der Waals surface area contributed by atoms with E-state index in [9.17, 15) is 9.59 Å². The van der Waals surface area contributed by atoms with Gasteiger partial charge in [0.25, 0.3) is 0 Å². The lowest BCUT2D eigenvalue weighted by atomic mass is 9.77. The third-order valence-electron chi connectivity index (χ3n) is 4.62. The van der Waals surface area contributed by atoms with Crippen molar-refractivity contribution in [2.75, 3.05) is 19.6 Å². The molecule has 0 bridgehead atoms. The average Bonchev–Trinajstić information content (AvgIpc) is 2.80. The predicted molar refractivity (Wildman–Crippen MR) is 83.7 cm³/mol. The number of nitrogens with one attached hydrogen (secondary N) is 1. The number of halogens is 1. The standard InChI is InChI=1S/C16H19BrN2O2/c17-13-3-1-2-12(8-13)9-15(21)19-6-4-16(5-7-19)10-14(20)18-11-16/h1-3,8H,4-7,9-11H2,(H,18,20). The van der Waals surface area contributed by atoms with Crippen molar-refractivity contribution in [3.8, 4) is 0 Å². The SMILES string of the molecule is O=C1CC2(CCN(C(=O)Cc3cccc(Br)c3)CC2)CN1. The lowest BCUT2D eigenvalue weighted by Crippen LogP contribution is -2.44. The lowest BCUT2D eigenvalue weighted by Gasteiger charge is -2.38. The number of hydrogen-bond donors (Lipinski definition) is 1. The number of piperidine rings is 1. The van der Waals surface area contributed by atoms with E-state index in [0.29, 0.717) is 12.8 Å². The molecule has 112 valence electrons. The average molecular weight is 351 g/mol. The summed E-state index contributed by atoms with van der Waals surface area (Å²) in [6, 6.07) is 7.88. The van der Waals surface area contributed by atoms with E-state index in [-0.39, 0.29) is 17.2 Å². The number of hydrogen-bond acceptors (Lipinski definition) is 2. The summed E-state index contributed by atoms with van der Waals surface area (Å²) >= 11 is 3.43. The Labute approximate surface area is 133 Å². The van der Waals surface area contributed by atoms with Crippen molar-refractivity contribution in [2.24, 2.45) is 5.41 Å². The topological polar surface area (TPSA) is 49.4 Å². The van der Waals surface area contributed by atoms with Gasteiger partial charge >= 0.3 is 0 Å². The van der Waals surface area contributed by atoms with Gasteiger partial charge in [-0.05, 0) is 36.0 Å². The maximum atomic E-state index is 12.4. The first-order valence-electron chi connectivity index (χ1n) is 7.35. The molecule has 2 aliphatic rings. The molecule has 0 aliphatic carbocycles. The molecular weight excluding hydrogens is 332 g/mol. The molecule has 4 nitrogen and oxygen atoms in total. The maximum absolute atomic E-state index is 12.4. The Morgan fingerprint density at radius 1 is 1.33 bits per heavy atom. The van der Waals surface area contributed by atoms with E-state index in [1.54, 1.807) is 0 Å². The highest BCUT2D eigenvalue weighted by atomic mass is 79.9. The number of carbonyl (C=O) groups is 2. The number of amides is 2. The highest BCUT2D eigenvalue weighted by Crippen LogP contribution is 2.37. The van der Waals surface area contributed by atoms with E-state index in [2.05, 4.69) is 21.2 Å². The Morgan fingerprint density at radius 2 is 2.10 bits per heavy atom. The zero-order valence-electron chi connectivity index (χ0n) is 11.9. The van der Waals surface area contributed by atoms with Crippen molar-refractivity contribution in [3.05, 3.63) is 34.3 Å². The molecule has 0 unspecified atom stereocenters. The van der Waals surface area contributed by atoms with Gasteiger partial charge in [-0.3, -0.25) is 9.59 Å². The van der Waals surface area contributed by atoms with E-state index in [1.165, 1.54) is 0 Å². The molecule has 5 heteroatoms. The molecule has 1 N–H and O–H groups in total. The van der Waals surface area contributed by atoms with Gasteiger partial charge in [-0.2, -0.15) is 0 Å². The van der Waals surface area contributed by atoms with Crippen LogP contribution in [-0.4, -0.2) is 36.3 Å². The quantitative estimate of drug-likeness (QED) is 0.887. The number of likely N-dealkylation sites (tertiary alicyclic amines) is 1. The molecule has 0 saturated carbocycles. The molecule has 0 aromatic heterocycles. The highest BCUT2D eigenvalue weighted by Gasteiger charge is 2.41. The van der Waals surface area contributed by atoms with E-state index < -0.39 is 0 Å². The van der Waals surface area contributed by atoms with Crippen LogP contribution in [0.3, 0.4) is 0 Å². The molecule has 0 atom stereocenters. The second-order valence-corrected chi connectivity index (χ2v) is 7.06. The van der Waals surface area contributed by atoms with Crippen LogP contribution < -0.4 is 5.32 Å². The molecule has 3 rings (SSSR count). The van der Waals surface area contributed by atoms with Crippen LogP contribution >= 0.6 is 15.9 Å². The van der Waals surface area contributed by atoms with Crippen molar-refractivity contribution >= 4 is 27.7 Å². The third-order valence-corrected chi connectivity index (χ3v) is 5.11. The Bertz CT molecular complexity index is 565. The molecule has 2 fully saturated rings. The lowest BCUT2D eigenvalue weighted by molar-refractivity contribution is -0.132. The summed E-state index contributed by atoms with van der Waals surface area (Å²) < 4.78 is 1.00. The molecule has 21 heavy (non-hydrogen) atoms. The monoisotopic (exact) mass is 350 g/mol. The zero-order valence-corrected chi connectivity index (χ0v) is 13.5. The van der Waals surface area contributed by atoms with Gasteiger partial charge in [0.1, 0.15) is 0 Å². The van der Waals surface area contributed by atoms with Crippen LogP contribution in [0.1, 0.15) is 24.8 Å². The van der Waals surface area contributed by atoms with Gasteiger partial charge in [-0.25, -0.2) is 0 Å². The smallest absolute Gasteiger partial charge is 0.226 e. The minimum absolute atomic E-state index is 0.101. The van der Waals surface area contributed by atoms with Crippen molar-refractivity contribution in [2.45, 2.75) is 25.7 Å². The van der Waals surface area contributed by atoms with Crippen molar-refractivity contribution < 1.29 is 9.59 Å². The summed E-state index contributed by atoms with van der Waals surface area (Å²) in [6.07, 6.45) is 2.93. The summed E-state index contributed by atoms with van der Waals surface area (Å²) in [5.74, 6) is 0.337. The Morgan fingerprint density at radius 3 is 2.71 bits per heavy atom. The Kier molecular flexibility index (Phi) is 4.02. The first-order chi connectivity index (χ1) is 10.1. The van der Waals surface area contributed by atoms with Crippen molar-refractivity contribution in [1.82, 2.24) is 10.2 Å². The van der Waals surface area contributed by atoms with Crippen LogP contribution in [0.15, 0.2) is 28.7 Å². The van der Waals surface area contributed by atoms with E-state index >= 15 is 0 Å². The maximum Gasteiger partial charge on any atom is 0.226 e. The van der Waals surface area contributed by atoms with Crippen LogP contribution in [0.5, 0.6) is 0 Å². The van der Waals surface area contributed by atoms with Gasteiger partial charge in [-0.1, -0.05) is 28.1 Å². The van der Waals surface area contributed by atoms with Crippen LogP contribution in [-0.2, 0) is 16.0 Å². The fraction of sp³-hybridized carbons (Fsp3) is 0.500. The van der Waals surface area contributed by atoms with Gasteiger partial charge in [0.15, 0.2) is 0 Å².